The molecule has 0 aliphatic heterocycles. The standard InChI is InChI=1S/C22H25N3O3S/c1-4-16-9-11-17(12-10-16)25-21(27)18-7-5-6-8-19(18)24-22(25)29-14-20(26)23-15(2)13-28-3/h5-12,15H,4,13-14H2,1-3H3,(H,23,26)/t15-/m1/s1. The van der Waals surface area contributed by atoms with Crippen molar-refractivity contribution < 1.29 is 9.53 Å². The number of thioether (sulfide) groups is 1. The minimum absolute atomic E-state index is 0.0820. The highest BCUT2D eigenvalue weighted by atomic mass is 32.2. The molecule has 0 fully saturated rings. The molecule has 0 aliphatic carbocycles. The third-order valence-corrected chi connectivity index (χ3v) is 5.44. The lowest BCUT2D eigenvalue weighted by molar-refractivity contribution is -0.119. The van der Waals surface area contributed by atoms with Crippen LogP contribution in [0.2, 0.25) is 0 Å². The van der Waals surface area contributed by atoms with Crippen molar-refractivity contribution in [1.29, 1.82) is 0 Å². The van der Waals surface area contributed by atoms with Gasteiger partial charge in [-0.25, -0.2) is 4.98 Å². The summed E-state index contributed by atoms with van der Waals surface area (Å²) >= 11 is 1.25. The summed E-state index contributed by atoms with van der Waals surface area (Å²) < 4.78 is 6.63. The first-order chi connectivity index (χ1) is 14.0. The highest BCUT2D eigenvalue weighted by Gasteiger charge is 2.15. The minimum atomic E-state index is -0.143. The quantitative estimate of drug-likeness (QED) is 0.455. The molecular weight excluding hydrogens is 386 g/mol. The van der Waals surface area contributed by atoms with Gasteiger partial charge in [0.1, 0.15) is 0 Å². The molecule has 2 aromatic carbocycles. The van der Waals surface area contributed by atoms with Gasteiger partial charge >= 0.3 is 0 Å². The second-order valence-electron chi connectivity index (χ2n) is 6.78. The molecule has 1 atom stereocenters. The van der Waals surface area contributed by atoms with E-state index < -0.39 is 0 Å². The second-order valence-corrected chi connectivity index (χ2v) is 7.73. The van der Waals surface area contributed by atoms with Crippen molar-refractivity contribution in [3.63, 3.8) is 0 Å². The van der Waals surface area contributed by atoms with Crippen LogP contribution in [-0.2, 0) is 16.0 Å². The molecule has 0 spiro atoms. The molecule has 0 unspecified atom stereocenters. The SMILES string of the molecule is CCc1ccc(-n2c(SCC(=O)N[C@H](C)COC)nc3ccccc3c2=O)cc1. The van der Waals surface area contributed by atoms with Gasteiger partial charge in [0.2, 0.25) is 5.91 Å². The van der Waals surface area contributed by atoms with Crippen LogP contribution in [0.25, 0.3) is 16.6 Å². The molecule has 0 saturated heterocycles. The van der Waals surface area contributed by atoms with Crippen LogP contribution in [0.15, 0.2) is 58.5 Å². The van der Waals surface area contributed by atoms with Crippen LogP contribution in [-0.4, -0.2) is 41.0 Å². The molecule has 7 heteroatoms. The number of carbonyl (C=O) groups excluding carboxylic acids is 1. The zero-order valence-corrected chi connectivity index (χ0v) is 17.7. The lowest BCUT2D eigenvalue weighted by Crippen LogP contribution is -2.36. The van der Waals surface area contributed by atoms with Gasteiger partial charge in [0.15, 0.2) is 5.16 Å². The largest absolute Gasteiger partial charge is 0.383 e. The molecule has 1 N–H and O–H groups in total. The highest BCUT2D eigenvalue weighted by molar-refractivity contribution is 7.99. The molecule has 0 radical (unpaired) electrons. The van der Waals surface area contributed by atoms with Crippen molar-refractivity contribution in [2.24, 2.45) is 0 Å². The number of amides is 1. The number of ether oxygens (including phenoxy) is 1. The van der Waals surface area contributed by atoms with Crippen LogP contribution in [0, 0.1) is 0 Å². The first-order valence-corrected chi connectivity index (χ1v) is 10.5. The van der Waals surface area contributed by atoms with E-state index in [1.54, 1.807) is 17.7 Å². The van der Waals surface area contributed by atoms with Crippen LogP contribution in [0.5, 0.6) is 0 Å². The number of para-hydroxylation sites is 1. The average molecular weight is 412 g/mol. The third kappa shape index (κ3) is 5.05. The molecule has 3 rings (SSSR count). The van der Waals surface area contributed by atoms with E-state index in [1.165, 1.54) is 17.3 Å². The maximum Gasteiger partial charge on any atom is 0.266 e. The third-order valence-electron chi connectivity index (χ3n) is 4.50. The predicted octanol–water partition coefficient (Wildman–Crippen LogP) is 3.19. The lowest BCUT2D eigenvalue weighted by Gasteiger charge is -2.15. The van der Waals surface area contributed by atoms with Crippen LogP contribution in [0.1, 0.15) is 19.4 Å². The molecule has 0 saturated carbocycles. The van der Waals surface area contributed by atoms with E-state index in [1.807, 2.05) is 49.4 Å². The van der Waals surface area contributed by atoms with Gasteiger partial charge in [-0.2, -0.15) is 0 Å². The number of methoxy groups -OCH3 is 1. The first kappa shape index (κ1) is 21.1. The van der Waals surface area contributed by atoms with Crippen molar-refractivity contribution in [3.8, 4) is 5.69 Å². The van der Waals surface area contributed by atoms with Crippen LogP contribution >= 0.6 is 11.8 Å². The van der Waals surface area contributed by atoms with Gasteiger partial charge in [-0.1, -0.05) is 43.0 Å². The molecule has 1 heterocycles. The van der Waals surface area contributed by atoms with Crippen molar-refractivity contribution in [2.75, 3.05) is 19.5 Å². The van der Waals surface area contributed by atoms with E-state index in [0.29, 0.717) is 22.7 Å². The fourth-order valence-corrected chi connectivity index (χ4v) is 3.88. The Morgan fingerprint density at radius 2 is 1.93 bits per heavy atom. The van der Waals surface area contributed by atoms with Gasteiger partial charge in [-0.05, 0) is 43.2 Å². The summed E-state index contributed by atoms with van der Waals surface area (Å²) in [7, 11) is 1.60. The molecule has 0 aliphatic rings. The Morgan fingerprint density at radius 3 is 2.62 bits per heavy atom. The van der Waals surface area contributed by atoms with Crippen molar-refractivity contribution in [2.45, 2.75) is 31.5 Å². The van der Waals surface area contributed by atoms with Gasteiger partial charge in [0.05, 0.1) is 29.0 Å². The van der Waals surface area contributed by atoms with Crippen LogP contribution in [0.3, 0.4) is 0 Å². The fraction of sp³-hybridized carbons (Fsp3) is 0.318. The fourth-order valence-electron chi connectivity index (χ4n) is 3.06. The maximum absolute atomic E-state index is 13.2. The molecule has 1 amide bonds. The zero-order valence-electron chi connectivity index (χ0n) is 16.8. The van der Waals surface area contributed by atoms with Gasteiger partial charge in [0.25, 0.3) is 5.56 Å². The molecular formula is C22H25N3O3S. The number of aryl methyl sites for hydroxylation is 1. The summed E-state index contributed by atoms with van der Waals surface area (Å²) in [5, 5.41) is 3.92. The number of hydrogen-bond acceptors (Lipinski definition) is 5. The number of fused-ring (bicyclic) bond motifs is 1. The van der Waals surface area contributed by atoms with E-state index in [4.69, 9.17) is 4.74 Å². The average Bonchev–Trinajstić information content (AvgIpc) is 2.73. The zero-order chi connectivity index (χ0) is 20.8. The minimum Gasteiger partial charge on any atom is -0.383 e. The van der Waals surface area contributed by atoms with E-state index >= 15 is 0 Å². The maximum atomic E-state index is 13.2. The smallest absolute Gasteiger partial charge is 0.266 e. The number of rotatable bonds is 8. The number of hydrogen-bond donors (Lipinski definition) is 1. The number of carbonyl (C=O) groups is 1. The molecule has 3 aromatic rings. The lowest BCUT2D eigenvalue weighted by atomic mass is 10.1. The van der Waals surface area contributed by atoms with Crippen LogP contribution in [0.4, 0.5) is 0 Å². The topological polar surface area (TPSA) is 73.2 Å². The van der Waals surface area contributed by atoms with Gasteiger partial charge < -0.3 is 10.1 Å². The Kier molecular flexibility index (Phi) is 7.06. The number of benzene rings is 2. The predicted molar refractivity (Wildman–Crippen MR) is 117 cm³/mol. The summed E-state index contributed by atoms with van der Waals surface area (Å²) in [5.41, 5.74) is 2.41. The Morgan fingerprint density at radius 1 is 1.21 bits per heavy atom. The normalized spacial score (nSPS) is 12.1. The second kappa shape index (κ2) is 9.71. The summed E-state index contributed by atoms with van der Waals surface area (Å²) in [6, 6.07) is 15.0. The molecule has 0 bridgehead atoms. The van der Waals surface area contributed by atoms with E-state index in [-0.39, 0.29) is 23.3 Å². The van der Waals surface area contributed by atoms with Crippen molar-refractivity contribution in [3.05, 3.63) is 64.4 Å². The Bertz CT molecular complexity index is 1050. The summed E-state index contributed by atoms with van der Waals surface area (Å²) in [6.07, 6.45) is 0.923. The molecule has 1 aromatic heterocycles. The van der Waals surface area contributed by atoms with Crippen molar-refractivity contribution in [1.82, 2.24) is 14.9 Å². The summed E-state index contributed by atoms with van der Waals surface area (Å²) in [4.78, 5) is 30.1. The van der Waals surface area contributed by atoms with Crippen LogP contribution < -0.4 is 10.9 Å². The highest BCUT2D eigenvalue weighted by Crippen LogP contribution is 2.21. The number of aromatic nitrogens is 2. The van der Waals surface area contributed by atoms with E-state index in [9.17, 15) is 9.59 Å². The van der Waals surface area contributed by atoms with Gasteiger partial charge in [-0.3, -0.25) is 14.2 Å². The summed E-state index contributed by atoms with van der Waals surface area (Å²) in [5.74, 6) is 0.0288. The number of nitrogens with zero attached hydrogens (tertiary/aromatic N) is 2. The Hall–Kier alpha value is -2.64. The van der Waals surface area contributed by atoms with Gasteiger partial charge in [0, 0.05) is 13.2 Å². The molecule has 29 heavy (non-hydrogen) atoms. The molecule has 152 valence electrons. The van der Waals surface area contributed by atoms with Crippen molar-refractivity contribution >= 4 is 28.6 Å². The Labute approximate surface area is 174 Å². The Balaban J connectivity index is 1.96. The van der Waals surface area contributed by atoms with Gasteiger partial charge in [-0.15, -0.1) is 0 Å². The molecule has 6 nitrogen and oxygen atoms in total. The van der Waals surface area contributed by atoms with E-state index in [2.05, 4.69) is 17.2 Å². The first-order valence-electron chi connectivity index (χ1n) is 9.55. The number of nitrogens with one attached hydrogen (secondary N) is 1. The van der Waals surface area contributed by atoms with E-state index in [0.717, 1.165) is 12.1 Å². The summed E-state index contributed by atoms with van der Waals surface area (Å²) in [6.45, 7) is 4.41. The monoisotopic (exact) mass is 411 g/mol.